The van der Waals surface area contributed by atoms with Crippen LogP contribution in [0.4, 0.5) is 0 Å². The molecule has 6 nitrogen and oxygen atoms in total. The first kappa shape index (κ1) is 12.0. The first-order valence-electron chi connectivity index (χ1n) is 5.40. The third-order valence-electron chi connectivity index (χ3n) is 2.52. The molecule has 4 N–H and O–H groups in total. The monoisotopic (exact) mass is 247 g/mol. The van der Waals surface area contributed by atoms with Gasteiger partial charge in [0.1, 0.15) is 22.9 Å². The van der Waals surface area contributed by atoms with E-state index >= 15 is 0 Å². The minimum Gasteiger partial charge on any atom is -0.507 e. The highest BCUT2D eigenvalue weighted by atomic mass is 16.3. The fraction of sp³-hybridized carbons (Fsp3) is 0.167. The minimum absolute atomic E-state index is 0.143. The van der Waals surface area contributed by atoms with Crippen LogP contribution in [-0.4, -0.2) is 26.1 Å². The molecule has 18 heavy (non-hydrogen) atoms. The van der Waals surface area contributed by atoms with Crippen molar-refractivity contribution in [2.75, 3.05) is 0 Å². The number of phenols is 2. The number of aromatic amines is 1. The summed E-state index contributed by atoms with van der Waals surface area (Å²) in [6.45, 7) is 1.74. The van der Waals surface area contributed by atoms with Gasteiger partial charge in [-0.15, -0.1) is 0 Å². The van der Waals surface area contributed by atoms with Gasteiger partial charge in [-0.05, 0) is 19.1 Å². The van der Waals surface area contributed by atoms with Crippen molar-refractivity contribution in [3.8, 4) is 11.5 Å². The first-order chi connectivity index (χ1) is 8.59. The summed E-state index contributed by atoms with van der Waals surface area (Å²) in [6.07, 6.45) is 3.23. The van der Waals surface area contributed by atoms with E-state index < -0.39 is 5.91 Å². The molecule has 1 aromatic heterocycles. The van der Waals surface area contributed by atoms with Crippen LogP contribution < -0.4 is 5.32 Å². The largest absolute Gasteiger partial charge is 0.507 e. The molecule has 0 spiro atoms. The van der Waals surface area contributed by atoms with Crippen molar-refractivity contribution in [1.82, 2.24) is 15.3 Å². The summed E-state index contributed by atoms with van der Waals surface area (Å²) in [6, 6.07) is 3.78. The molecule has 1 amide bonds. The number of hydrogen-bond donors (Lipinski definition) is 4. The molecule has 0 fully saturated rings. The van der Waals surface area contributed by atoms with Gasteiger partial charge < -0.3 is 20.5 Å². The van der Waals surface area contributed by atoms with Gasteiger partial charge in [0.25, 0.3) is 5.91 Å². The molecule has 1 atom stereocenters. The first-order valence-corrected chi connectivity index (χ1v) is 5.40. The SMILES string of the molecule is CC(NC(=O)c1c(O)cccc1O)c1ncc[nH]1. The molecule has 2 rings (SSSR count). The van der Waals surface area contributed by atoms with Crippen molar-refractivity contribution in [2.45, 2.75) is 13.0 Å². The van der Waals surface area contributed by atoms with Gasteiger partial charge in [-0.2, -0.15) is 0 Å². The number of aromatic nitrogens is 2. The van der Waals surface area contributed by atoms with Crippen LogP contribution in [0.1, 0.15) is 29.1 Å². The summed E-state index contributed by atoms with van der Waals surface area (Å²) in [5.41, 5.74) is -0.143. The number of imidazole rings is 1. The summed E-state index contributed by atoms with van der Waals surface area (Å²) in [4.78, 5) is 18.8. The smallest absolute Gasteiger partial charge is 0.259 e. The van der Waals surface area contributed by atoms with Crippen molar-refractivity contribution in [1.29, 1.82) is 0 Å². The van der Waals surface area contributed by atoms with E-state index in [0.29, 0.717) is 5.82 Å². The van der Waals surface area contributed by atoms with Gasteiger partial charge in [-0.1, -0.05) is 6.07 Å². The zero-order valence-electron chi connectivity index (χ0n) is 9.71. The molecule has 0 radical (unpaired) electrons. The lowest BCUT2D eigenvalue weighted by molar-refractivity contribution is 0.0933. The average Bonchev–Trinajstić information content (AvgIpc) is 2.81. The number of carbonyl (C=O) groups is 1. The van der Waals surface area contributed by atoms with Crippen molar-refractivity contribution in [3.05, 3.63) is 42.0 Å². The van der Waals surface area contributed by atoms with Crippen LogP contribution in [-0.2, 0) is 0 Å². The van der Waals surface area contributed by atoms with E-state index in [9.17, 15) is 15.0 Å². The third kappa shape index (κ3) is 2.27. The van der Waals surface area contributed by atoms with E-state index in [1.165, 1.54) is 18.2 Å². The lowest BCUT2D eigenvalue weighted by atomic mass is 10.1. The Morgan fingerprint density at radius 2 is 2.06 bits per heavy atom. The maximum Gasteiger partial charge on any atom is 0.259 e. The molecule has 6 heteroatoms. The van der Waals surface area contributed by atoms with Gasteiger partial charge >= 0.3 is 0 Å². The zero-order valence-corrected chi connectivity index (χ0v) is 9.71. The van der Waals surface area contributed by atoms with Crippen molar-refractivity contribution in [2.24, 2.45) is 0 Å². The maximum absolute atomic E-state index is 11.9. The van der Waals surface area contributed by atoms with Gasteiger partial charge in [-0.25, -0.2) is 4.98 Å². The second kappa shape index (κ2) is 4.79. The Bertz CT molecular complexity index is 531. The Balaban J connectivity index is 2.18. The van der Waals surface area contributed by atoms with Crippen LogP contribution in [0, 0.1) is 0 Å². The van der Waals surface area contributed by atoms with Gasteiger partial charge in [-0.3, -0.25) is 4.79 Å². The number of nitrogens with zero attached hydrogens (tertiary/aromatic N) is 1. The molecule has 2 aromatic rings. The van der Waals surface area contributed by atoms with Crippen molar-refractivity contribution >= 4 is 5.91 Å². The molecule has 0 aliphatic carbocycles. The number of amides is 1. The van der Waals surface area contributed by atoms with E-state index in [-0.39, 0.29) is 23.1 Å². The summed E-state index contributed by atoms with van der Waals surface area (Å²) in [5, 5.41) is 21.7. The number of phenolic OH excluding ortho intramolecular Hbond substituents is 2. The van der Waals surface area contributed by atoms with Crippen LogP contribution in [0.5, 0.6) is 11.5 Å². The van der Waals surface area contributed by atoms with Crippen LogP contribution >= 0.6 is 0 Å². The topological polar surface area (TPSA) is 98.2 Å². The Labute approximate surface area is 103 Å². The normalized spacial score (nSPS) is 12.1. The second-order valence-electron chi connectivity index (χ2n) is 3.84. The number of aromatic hydroxyl groups is 2. The van der Waals surface area contributed by atoms with E-state index in [1.54, 1.807) is 19.3 Å². The average molecular weight is 247 g/mol. The van der Waals surface area contributed by atoms with Crippen LogP contribution in [0.2, 0.25) is 0 Å². The van der Waals surface area contributed by atoms with E-state index in [4.69, 9.17) is 0 Å². The second-order valence-corrected chi connectivity index (χ2v) is 3.84. The molecular formula is C12H13N3O3. The molecule has 0 bridgehead atoms. The fourth-order valence-electron chi connectivity index (χ4n) is 1.61. The third-order valence-corrected chi connectivity index (χ3v) is 2.52. The summed E-state index contributed by atoms with van der Waals surface area (Å²) >= 11 is 0. The summed E-state index contributed by atoms with van der Waals surface area (Å²) in [7, 11) is 0. The quantitative estimate of drug-likeness (QED) is 0.657. The molecule has 0 aliphatic heterocycles. The van der Waals surface area contributed by atoms with Crippen LogP contribution in [0.15, 0.2) is 30.6 Å². The predicted octanol–water partition coefficient (Wildman–Crippen LogP) is 1.31. The number of H-pyrrole nitrogens is 1. The summed E-state index contributed by atoms with van der Waals surface area (Å²) < 4.78 is 0. The standard InChI is InChI=1S/C12H13N3O3/c1-7(11-13-5-6-14-11)15-12(18)10-8(16)3-2-4-9(10)17/h2-7,16-17H,1H3,(H,13,14)(H,15,18). The number of nitrogens with one attached hydrogen (secondary N) is 2. The lowest BCUT2D eigenvalue weighted by Gasteiger charge is -2.13. The molecular weight excluding hydrogens is 234 g/mol. The molecule has 1 unspecified atom stereocenters. The lowest BCUT2D eigenvalue weighted by Crippen LogP contribution is -2.27. The van der Waals surface area contributed by atoms with Gasteiger partial charge in [0.2, 0.25) is 0 Å². The highest BCUT2D eigenvalue weighted by Gasteiger charge is 2.19. The number of carbonyl (C=O) groups excluding carboxylic acids is 1. The van der Waals surface area contributed by atoms with Crippen molar-refractivity contribution < 1.29 is 15.0 Å². The number of hydrogen-bond acceptors (Lipinski definition) is 4. The highest BCUT2D eigenvalue weighted by molar-refractivity contribution is 5.99. The fourth-order valence-corrected chi connectivity index (χ4v) is 1.61. The van der Waals surface area contributed by atoms with Crippen LogP contribution in [0.25, 0.3) is 0 Å². The Morgan fingerprint density at radius 1 is 1.39 bits per heavy atom. The van der Waals surface area contributed by atoms with Gasteiger partial charge in [0.05, 0.1) is 6.04 Å². The van der Waals surface area contributed by atoms with Gasteiger partial charge in [0, 0.05) is 12.4 Å². The number of rotatable bonds is 3. The molecule has 0 saturated heterocycles. The highest BCUT2D eigenvalue weighted by Crippen LogP contribution is 2.26. The van der Waals surface area contributed by atoms with E-state index in [0.717, 1.165) is 0 Å². The Morgan fingerprint density at radius 3 is 2.61 bits per heavy atom. The molecule has 1 heterocycles. The van der Waals surface area contributed by atoms with E-state index in [2.05, 4.69) is 15.3 Å². The molecule has 0 saturated carbocycles. The Kier molecular flexibility index (Phi) is 3.18. The molecule has 1 aromatic carbocycles. The zero-order chi connectivity index (χ0) is 13.1. The minimum atomic E-state index is -0.561. The van der Waals surface area contributed by atoms with Crippen molar-refractivity contribution in [3.63, 3.8) is 0 Å². The predicted molar refractivity (Wildman–Crippen MR) is 64.2 cm³/mol. The van der Waals surface area contributed by atoms with Crippen LogP contribution in [0.3, 0.4) is 0 Å². The maximum atomic E-state index is 11.9. The summed E-state index contributed by atoms with van der Waals surface area (Å²) in [5.74, 6) is -0.494. The molecule has 94 valence electrons. The number of benzene rings is 1. The van der Waals surface area contributed by atoms with E-state index in [1.807, 2.05) is 0 Å². The molecule has 0 aliphatic rings. The Hall–Kier alpha value is -2.50. The van der Waals surface area contributed by atoms with Gasteiger partial charge in [0.15, 0.2) is 0 Å².